The fraction of sp³-hybridized carbons (Fsp3) is 0.0741. The standard InChI is InChI=1S/C54H34B2Br2F12/c55-47-27-37(15-3-33-9-21-41(22-10-33)53(65,66)67)35(13-1-31-5-17-39(18-6-31)51(59,60)61)25-43(47)46-29-48(56)44(30-50(46)58)45-26-36(14-2-32-7-19-40(20-8-32)52(62,63)64)38(28-49(45)57)16-4-34-11-23-42(24-12-34)54(68,69)70/h1-30H,55-56H2/b13-1+,14-2+,15-3+,16-4+. The lowest BCUT2D eigenvalue weighted by atomic mass is 9.80. The van der Waals surface area contributed by atoms with Gasteiger partial charge in [-0.25, -0.2) is 0 Å². The zero-order valence-corrected chi connectivity index (χ0v) is 39.8. The number of alkyl halides is 12. The van der Waals surface area contributed by atoms with Gasteiger partial charge < -0.3 is 0 Å². The summed E-state index contributed by atoms with van der Waals surface area (Å²) in [6.07, 6.45) is -4.44. The molecule has 0 saturated carbocycles. The van der Waals surface area contributed by atoms with Gasteiger partial charge in [0.25, 0.3) is 0 Å². The van der Waals surface area contributed by atoms with Crippen molar-refractivity contribution in [1.29, 1.82) is 0 Å². The van der Waals surface area contributed by atoms with Crippen molar-refractivity contribution in [3.63, 3.8) is 0 Å². The fourth-order valence-corrected chi connectivity index (χ4v) is 8.61. The summed E-state index contributed by atoms with van der Waals surface area (Å²) in [6.45, 7) is 0. The number of hydrogen-bond acceptors (Lipinski definition) is 0. The Morgan fingerprint density at radius 1 is 0.286 bits per heavy atom. The molecule has 16 heteroatoms. The number of rotatable bonds is 10. The lowest BCUT2D eigenvalue weighted by Crippen LogP contribution is -2.13. The monoisotopic (exact) mass is 1090 g/mol. The van der Waals surface area contributed by atoms with Crippen molar-refractivity contribution in [2.45, 2.75) is 24.7 Å². The van der Waals surface area contributed by atoms with E-state index < -0.39 is 47.0 Å². The summed E-state index contributed by atoms with van der Waals surface area (Å²) in [4.78, 5) is 0. The summed E-state index contributed by atoms with van der Waals surface area (Å²) in [5.74, 6) is 0. The molecule has 70 heavy (non-hydrogen) atoms. The second kappa shape index (κ2) is 20.6. The van der Waals surface area contributed by atoms with Crippen molar-refractivity contribution in [3.8, 4) is 22.3 Å². The Morgan fingerprint density at radius 2 is 0.529 bits per heavy atom. The molecule has 7 rings (SSSR count). The molecule has 0 bridgehead atoms. The zero-order valence-electron chi connectivity index (χ0n) is 36.6. The Morgan fingerprint density at radius 3 is 0.857 bits per heavy atom. The van der Waals surface area contributed by atoms with Gasteiger partial charge >= 0.3 is 24.7 Å². The maximum atomic E-state index is 13.3. The molecule has 7 aromatic carbocycles. The molecule has 0 atom stereocenters. The van der Waals surface area contributed by atoms with Crippen LogP contribution in [0.4, 0.5) is 52.7 Å². The van der Waals surface area contributed by atoms with Crippen LogP contribution in [-0.4, -0.2) is 15.7 Å². The Bertz CT molecular complexity index is 2930. The van der Waals surface area contributed by atoms with Gasteiger partial charge in [-0.05, 0) is 140 Å². The molecule has 0 spiro atoms. The van der Waals surface area contributed by atoms with Gasteiger partial charge in [-0.2, -0.15) is 52.7 Å². The van der Waals surface area contributed by atoms with Crippen molar-refractivity contribution in [1.82, 2.24) is 0 Å². The molecule has 0 amide bonds. The van der Waals surface area contributed by atoms with Gasteiger partial charge in [-0.1, -0.05) is 152 Å². The second-order valence-corrected chi connectivity index (χ2v) is 17.9. The molecule has 0 N–H and O–H groups in total. The molecular formula is C54H34B2Br2F12. The van der Waals surface area contributed by atoms with Gasteiger partial charge in [0.05, 0.1) is 22.3 Å². The van der Waals surface area contributed by atoms with Crippen LogP contribution >= 0.6 is 31.9 Å². The zero-order chi connectivity index (χ0) is 50.8. The SMILES string of the molecule is Bc1cc(-c2cc(/C=C/c3ccc(C(F)(F)F)cc3)c(/C=C/c3ccc(C(F)(F)F)cc3)cc2B)c(Br)cc1-c1cc(/C=C/c2ccc(C(F)(F)F)cc2)c(/C=C/c2ccc(C(F)(F)F)cc2)cc1Br. The van der Waals surface area contributed by atoms with E-state index in [1.807, 2.05) is 52.1 Å². The van der Waals surface area contributed by atoms with Gasteiger partial charge in [-0.15, -0.1) is 0 Å². The maximum absolute atomic E-state index is 13.3. The minimum atomic E-state index is -4.51. The minimum absolute atomic E-state index is 0.489. The lowest BCUT2D eigenvalue weighted by Gasteiger charge is -2.18. The fourth-order valence-electron chi connectivity index (χ4n) is 7.48. The molecule has 0 saturated heterocycles. The molecule has 0 nitrogen and oxygen atoms in total. The van der Waals surface area contributed by atoms with Gasteiger partial charge in [0.15, 0.2) is 0 Å². The first-order valence-electron chi connectivity index (χ1n) is 21.0. The van der Waals surface area contributed by atoms with E-state index in [0.717, 1.165) is 81.7 Å². The molecule has 0 aromatic heterocycles. The molecule has 0 aliphatic carbocycles. The first-order chi connectivity index (χ1) is 32.8. The topological polar surface area (TPSA) is 0 Å². The highest BCUT2D eigenvalue weighted by molar-refractivity contribution is 9.11. The van der Waals surface area contributed by atoms with Crippen molar-refractivity contribution in [2.75, 3.05) is 0 Å². The third kappa shape index (κ3) is 12.7. The quantitative estimate of drug-likeness (QED) is 0.0727. The number of benzene rings is 7. The normalized spacial score (nSPS) is 12.9. The van der Waals surface area contributed by atoms with Crippen LogP contribution in [0.1, 0.15) is 66.8 Å². The average Bonchev–Trinajstić information content (AvgIpc) is 3.29. The molecule has 0 fully saturated rings. The Kier molecular flexibility index (Phi) is 15.2. The van der Waals surface area contributed by atoms with E-state index in [0.29, 0.717) is 53.5 Å². The molecule has 0 radical (unpaired) electrons. The van der Waals surface area contributed by atoms with Crippen LogP contribution in [-0.2, 0) is 24.7 Å². The molecular weight excluding hydrogens is 1060 g/mol. The minimum Gasteiger partial charge on any atom is -0.166 e. The molecule has 0 aliphatic heterocycles. The van der Waals surface area contributed by atoms with E-state index in [2.05, 4.69) is 31.9 Å². The van der Waals surface area contributed by atoms with Crippen LogP contribution < -0.4 is 10.9 Å². The van der Waals surface area contributed by atoms with Crippen LogP contribution in [0.2, 0.25) is 0 Å². The third-order valence-corrected chi connectivity index (χ3v) is 12.6. The summed E-state index contributed by atoms with van der Waals surface area (Å²) in [5.41, 5.74) is 6.21. The van der Waals surface area contributed by atoms with Gasteiger partial charge in [0, 0.05) is 8.95 Å². The van der Waals surface area contributed by atoms with E-state index in [9.17, 15) is 52.7 Å². The number of hydrogen-bond donors (Lipinski definition) is 0. The Labute approximate surface area is 413 Å². The second-order valence-electron chi connectivity index (χ2n) is 16.2. The van der Waals surface area contributed by atoms with Crippen molar-refractivity contribution in [3.05, 3.63) is 209 Å². The smallest absolute Gasteiger partial charge is 0.166 e. The summed E-state index contributed by atoms with van der Waals surface area (Å²) < 4.78 is 161. The predicted octanol–water partition coefficient (Wildman–Crippen LogP) is 15.8. The Hall–Kier alpha value is -6.25. The van der Waals surface area contributed by atoms with E-state index >= 15 is 0 Å². The van der Waals surface area contributed by atoms with E-state index in [4.69, 9.17) is 0 Å². The van der Waals surface area contributed by atoms with Crippen molar-refractivity contribution in [2.24, 2.45) is 0 Å². The summed E-state index contributed by atoms with van der Waals surface area (Å²) in [6, 6.07) is 30.1. The highest BCUT2D eigenvalue weighted by Crippen LogP contribution is 2.38. The largest absolute Gasteiger partial charge is 0.416 e. The molecule has 7 aromatic rings. The first kappa shape index (κ1) is 51.6. The summed E-state index contributed by atoms with van der Waals surface area (Å²) >= 11 is 7.50. The van der Waals surface area contributed by atoms with Crippen LogP contribution in [0.5, 0.6) is 0 Å². The lowest BCUT2D eigenvalue weighted by molar-refractivity contribution is -0.138. The van der Waals surface area contributed by atoms with Crippen molar-refractivity contribution >= 4 is 107 Å². The van der Waals surface area contributed by atoms with Crippen LogP contribution in [0.3, 0.4) is 0 Å². The first-order valence-corrected chi connectivity index (χ1v) is 22.6. The van der Waals surface area contributed by atoms with Crippen LogP contribution in [0.25, 0.3) is 70.9 Å². The summed E-state index contributed by atoms with van der Waals surface area (Å²) in [5, 5.41) is 0. The van der Waals surface area contributed by atoms with E-state index in [1.54, 1.807) is 48.6 Å². The van der Waals surface area contributed by atoms with E-state index in [1.165, 1.54) is 48.5 Å². The van der Waals surface area contributed by atoms with Gasteiger partial charge in [-0.3, -0.25) is 0 Å². The van der Waals surface area contributed by atoms with Crippen molar-refractivity contribution < 1.29 is 52.7 Å². The molecule has 354 valence electrons. The van der Waals surface area contributed by atoms with Crippen LogP contribution in [0.15, 0.2) is 142 Å². The van der Waals surface area contributed by atoms with Gasteiger partial charge in [0.1, 0.15) is 15.7 Å². The highest BCUT2D eigenvalue weighted by Gasteiger charge is 2.32. The van der Waals surface area contributed by atoms with Crippen LogP contribution in [0, 0.1) is 0 Å². The average molecular weight is 1090 g/mol. The predicted molar refractivity (Wildman–Crippen MR) is 271 cm³/mol. The summed E-state index contributed by atoms with van der Waals surface area (Å²) in [7, 11) is 3.81. The molecule has 0 heterocycles. The van der Waals surface area contributed by atoms with E-state index in [-0.39, 0.29) is 0 Å². The van der Waals surface area contributed by atoms with Gasteiger partial charge in [0.2, 0.25) is 0 Å². The highest BCUT2D eigenvalue weighted by atomic mass is 79.9. The molecule has 0 aliphatic rings. The maximum Gasteiger partial charge on any atom is 0.416 e. The third-order valence-electron chi connectivity index (χ3n) is 11.3. The molecule has 0 unspecified atom stereocenters. The Balaban J connectivity index is 1.28. The number of halogens is 14.